The summed E-state index contributed by atoms with van der Waals surface area (Å²) in [4.78, 5) is 4.28. The lowest BCUT2D eigenvalue weighted by Gasteiger charge is -2.19. The Morgan fingerprint density at radius 1 is 1.16 bits per heavy atom. The fourth-order valence-corrected chi connectivity index (χ4v) is 2.84. The van der Waals surface area contributed by atoms with Crippen LogP contribution in [0.5, 0.6) is 5.75 Å². The maximum Gasteiger partial charge on any atom is 0.143 e. The molecule has 3 heteroatoms. The highest BCUT2D eigenvalue weighted by molar-refractivity contribution is 5.35. The monoisotopic (exact) mass is 255 g/mol. The van der Waals surface area contributed by atoms with Crippen molar-refractivity contribution in [2.24, 2.45) is 5.92 Å². The fraction of sp³-hybridized carbons (Fsp3) is 0.312. The van der Waals surface area contributed by atoms with Crippen LogP contribution in [0.4, 0.5) is 0 Å². The van der Waals surface area contributed by atoms with E-state index in [0.29, 0.717) is 11.4 Å². The molecule has 0 saturated carbocycles. The van der Waals surface area contributed by atoms with Crippen molar-refractivity contribution in [1.29, 1.82) is 0 Å². The van der Waals surface area contributed by atoms with Gasteiger partial charge in [-0.25, -0.2) is 0 Å². The number of aliphatic hydroxyl groups is 1. The van der Waals surface area contributed by atoms with Crippen LogP contribution in [0.25, 0.3) is 0 Å². The van der Waals surface area contributed by atoms with Gasteiger partial charge in [-0.05, 0) is 42.0 Å². The molecular formula is C16H17NO2. The molecule has 1 aromatic heterocycles. The van der Waals surface area contributed by atoms with Crippen LogP contribution in [0.3, 0.4) is 0 Å². The number of nitrogens with zero attached hydrogens (tertiary/aromatic N) is 1. The van der Waals surface area contributed by atoms with Crippen molar-refractivity contribution in [1.82, 2.24) is 4.98 Å². The van der Waals surface area contributed by atoms with Crippen LogP contribution in [-0.4, -0.2) is 17.2 Å². The van der Waals surface area contributed by atoms with E-state index in [-0.39, 0.29) is 5.92 Å². The minimum atomic E-state index is -0.580. The van der Waals surface area contributed by atoms with Crippen LogP contribution in [0.2, 0.25) is 0 Å². The smallest absolute Gasteiger partial charge is 0.143 e. The van der Waals surface area contributed by atoms with E-state index in [1.54, 1.807) is 13.3 Å². The Hall–Kier alpha value is -1.87. The van der Waals surface area contributed by atoms with Gasteiger partial charge in [0.1, 0.15) is 17.5 Å². The van der Waals surface area contributed by atoms with Gasteiger partial charge in [0.05, 0.1) is 7.11 Å². The Kier molecular flexibility index (Phi) is 3.22. The molecule has 1 unspecified atom stereocenters. The highest BCUT2D eigenvalue weighted by Gasteiger charge is 2.30. The molecule has 0 aliphatic heterocycles. The van der Waals surface area contributed by atoms with Crippen molar-refractivity contribution >= 4 is 0 Å². The topological polar surface area (TPSA) is 42.4 Å². The normalized spacial score (nSPS) is 16.1. The molecule has 2 aromatic rings. The fourth-order valence-electron chi connectivity index (χ4n) is 2.84. The van der Waals surface area contributed by atoms with Crippen LogP contribution in [0, 0.1) is 5.92 Å². The molecule has 98 valence electrons. The minimum absolute atomic E-state index is 0.182. The Morgan fingerprint density at radius 3 is 2.47 bits per heavy atom. The first kappa shape index (κ1) is 12.2. The quantitative estimate of drug-likeness (QED) is 0.916. The van der Waals surface area contributed by atoms with E-state index in [9.17, 15) is 5.11 Å². The Labute approximate surface area is 112 Å². The Morgan fingerprint density at radius 2 is 1.84 bits per heavy atom. The summed E-state index contributed by atoms with van der Waals surface area (Å²) in [6.45, 7) is 0. The van der Waals surface area contributed by atoms with Gasteiger partial charge in [0.25, 0.3) is 0 Å². The largest absolute Gasteiger partial charge is 0.495 e. The van der Waals surface area contributed by atoms with Crippen molar-refractivity contribution in [2.45, 2.75) is 18.9 Å². The van der Waals surface area contributed by atoms with E-state index in [4.69, 9.17) is 4.74 Å². The van der Waals surface area contributed by atoms with Gasteiger partial charge in [-0.2, -0.15) is 0 Å². The number of pyridine rings is 1. The Balaban J connectivity index is 1.85. The third-order valence-corrected chi connectivity index (χ3v) is 3.83. The van der Waals surface area contributed by atoms with E-state index in [1.165, 1.54) is 11.1 Å². The van der Waals surface area contributed by atoms with E-state index in [2.05, 4.69) is 29.2 Å². The maximum atomic E-state index is 10.6. The number of hydrogen-bond acceptors (Lipinski definition) is 3. The zero-order valence-electron chi connectivity index (χ0n) is 10.9. The van der Waals surface area contributed by atoms with Crippen LogP contribution in [0.1, 0.15) is 22.9 Å². The average molecular weight is 255 g/mol. The van der Waals surface area contributed by atoms with Gasteiger partial charge in [-0.1, -0.05) is 24.3 Å². The third-order valence-electron chi connectivity index (χ3n) is 3.83. The summed E-state index contributed by atoms with van der Waals surface area (Å²) in [5.74, 6) is 0.840. The highest BCUT2D eigenvalue weighted by Crippen LogP contribution is 2.37. The number of hydrogen-bond donors (Lipinski definition) is 1. The molecular weight excluding hydrogens is 238 g/mol. The zero-order valence-corrected chi connectivity index (χ0v) is 10.9. The number of ether oxygens (including phenoxy) is 1. The minimum Gasteiger partial charge on any atom is -0.495 e. The summed E-state index contributed by atoms with van der Waals surface area (Å²) in [5, 5.41) is 10.6. The summed E-state index contributed by atoms with van der Waals surface area (Å²) in [5.41, 5.74) is 3.31. The molecule has 1 aliphatic carbocycles. The molecule has 3 rings (SSSR count). The second kappa shape index (κ2) is 5.02. The lowest BCUT2D eigenvalue weighted by molar-refractivity contribution is 0.106. The van der Waals surface area contributed by atoms with Crippen LogP contribution in [-0.2, 0) is 12.8 Å². The predicted molar refractivity (Wildman–Crippen MR) is 73.1 cm³/mol. The van der Waals surface area contributed by atoms with Gasteiger partial charge in [0.15, 0.2) is 0 Å². The lowest BCUT2D eigenvalue weighted by Crippen LogP contribution is -2.15. The number of rotatable bonds is 3. The number of fused-ring (bicyclic) bond motifs is 1. The molecule has 1 atom stereocenters. The van der Waals surface area contributed by atoms with Gasteiger partial charge >= 0.3 is 0 Å². The van der Waals surface area contributed by atoms with E-state index in [0.717, 1.165) is 12.8 Å². The molecule has 1 N–H and O–H groups in total. The average Bonchev–Trinajstić information content (AvgIpc) is 2.90. The van der Waals surface area contributed by atoms with Crippen molar-refractivity contribution in [3.05, 3.63) is 59.4 Å². The van der Waals surface area contributed by atoms with Gasteiger partial charge in [-0.3, -0.25) is 4.98 Å². The molecule has 0 saturated heterocycles. The molecule has 0 bridgehead atoms. The maximum absolute atomic E-state index is 10.6. The first-order valence-electron chi connectivity index (χ1n) is 6.53. The van der Waals surface area contributed by atoms with Gasteiger partial charge in [0.2, 0.25) is 0 Å². The Bertz CT molecular complexity index is 557. The molecule has 19 heavy (non-hydrogen) atoms. The summed E-state index contributed by atoms with van der Waals surface area (Å²) in [6.07, 6.45) is 2.92. The van der Waals surface area contributed by atoms with Crippen molar-refractivity contribution in [2.75, 3.05) is 7.11 Å². The van der Waals surface area contributed by atoms with E-state index >= 15 is 0 Å². The molecule has 1 aliphatic rings. The highest BCUT2D eigenvalue weighted by atomic mass is 16.5. The van der Waals surface area contributed by atoms with Crippen LogP contribution >= 0.6 is 0 Å². The lowest BCUT2D eigenvalue weighted by atomic mass is 9.96. The molecule has 0 spiro atoms. The number of methoxy groups -OCH3 is 1. The van der Waals surface area contributed by atoms with E-state index in [1.807, 2.05) is 12.1 Å². The second-order valence-corrected chi connectivity index (χ2v) is 4.97. The SMILES string of the molecule is COc1cccnc1C(O)C1Cc2ccccc2C1. The first-order chi connectivity index (χ1) is 9.29. The van der Waals surface area contributed by atoms with Crippen LogP contribution in [0.15, 0.2) is 42.6 Å². The van der Waals surface area contributed by atoms with Gasteiger partial charge < -0.3 is 9.84 Å². The summed E-state index contributed by atoms with van der Waals surface area (Å²) < 4.78 is 5.28. The van der Waals surface area contributed by atoms with Gasteiger partial charge in [-0.15, -0.1) is 0 Å². The van der Waals surface area contributed by atoms with E-state index < -0.39 is 6.10 Å². The molecule has 1 heterocycles. The third kappa shape index (κ3) is 2.22. The standard InChI is InChI=1S/C16H17NO2/c1-19-14-7-4-8-17-15(14)16(18)13-9-11-5-2-3-6-12(11)10-13/h2-8,13,16,18H,9-10H2,1H3. The molecule has 0 amide bonds. The number of benzene rings is 1. The first-order valence-corrected chi connectivity index (χ1v) is 6.53. The summed E-state index contributed by atoms with van der Waals surface area (Å²) in [7, 11) is 1.61. The molecule has 3 nitrogen and oxygen atoms in total. The zero-order chi connectivity index (χ0) is 13.2. The molecule has 0 fully saturated rings. The summed E-state index contributed by atoms with van der Waals surface area (Å²) in [6, 6.07) is 12.0. The van der Waals surface area contributed by atoms with Crippen molar-refractivity contribution < 1.29 is 9.84 Å². The molecule has 0 radical (unpaired) electrons. The second-order valence-electron chi connectivity index (χ2n) is 4.97. The number of aromatic nitrogens is 1. The predicted octanol–water partition coefficient (Wildman–Crippen LogP) is 2.54. The van der Waals surface area contributed by atoms with Crippen molar-refractivity contribution in [3.63, 3.8) is 0 Å². The summed E-state index contributed by atoms with van der Waals surface area (Å²) >= 11 is 0. The van der Waals surface area contributed by atoms with Crippen molar-refractivity contribution in [3.8, 4) is 5.75 Å². The van der Waals surface area contributed by atoms with Crippen LogP contribution < -0.4 is 4.74 Å². The molecule has 1 aromatic carbocycles. The van der Waals surface area contributed by atoms with Gasteiger partial charge in [0, 0.05) is 6.20 Å². The number of aliphatic hydroxyl groups excluding tert-OH is 1.